The van der Waals surface area contributed by atoms with Crippen molar-refractivity contribution in [2.24, 2.45) is 5.73 Å². The molecule has 2 atom stereocenters. The van der Waals surface area contributed by atoms with E-state index in [4.69, 9.17) is 10.8 Å². The Balaban J connectivity index is 3.78. The number of hydrogen-bond acceptors (Lipinski definition) is 3. The Hall–Kier alpha value is 0.110. The van der Waals surface area contributed by atoms with Crippen molar-refractivity contribution in [3.63, 3.8) is 0 Å². The summed E-state index contributed by atoms with van der Waals surface area (Å²) in [5, 5.41) is 9.13. The molecule has 0 saturated carbocycles. The van der Waals surface area contributed by atoms with Gasteiger partial charge in [-0.1, -0.05) is 6.92 Å². The maximum absolute atomic E-state index is 11.3. The first-order valence-electron chi connectivity index (χ1n) is 4.21. The average molecular weight is 195 g/mol. The van der Waals surface area contributed by atoms with Gasteiger partial charge in [-0.25, -0.2) is 0 Å². The van der Waals surface area contributed by atoms with E-state index in [0.717, 1.165) is 0 Å². The Morgan fingerprint density at radius 3 is 2.58 bits per heavy atom. The molecule has 4 N–H and O–H groups in total. The summed E-state index contributed by atoms with van der Waals surface area (Å²) >= 11 is 0. The second-order valence-electron chi connectivity index (χ2n) is 2.96. The summed E-state index contributed by atoms with van der Waals surface area (Å²) in [5.41, 5.74) is 5.20. The van der Waals surface area contributed by atoms with Gasteiger partial charge < -0.3 is 15.7 Å². The minimum Gasteiger partial charge on any atom is -0.393 e. The normalized spacial score (nSPS) is 18.7. The highest BCUT2D eigenvalue weighted by Crippen LogP contribution is 2.41. The quantitative estimate of drug-likeness (QED) is 0.535. The van der Waals surface area contributed by atoms with Crippen LogP contribution in [-0.4, -0.2) is 35.0 Å². The van der Waals surface area contributed by atoms with Crippen LogP contribution in [0.15, 0.2) is 0 Å². The molecule has 0 aliphatic heterocycles. The molecule has 0 aromatic carbocycles. The van der Waals surface area contributed by atoms with Gasteiger partial charge in [0.05, 0.1) is 12.3 Å². The Morgan fingerprint density at radius 1 is 1.58 bits per heavy atom. The molecular weight excluding hydrogens is 177 g/mol. The molecule has 0 aliphatic carbocycles. The Morgan fingerprint density at radius 2 is 2.17 bits per heavy atom. The molecule has 0 aromatic rings. The highest BCUT2D eigenvalue weighted by atomic mass is 31.2. The molecule has 0 saturated heterocycles. The number of aliphatic hydroxyl groups is 1. The molecule has 5 heteroatoms. The number of rotatable bonds is 6. The zero-order chi connectivity index (χ0) is 9.61. The Bertz CT molecular complexity index is 163. The van der Waals surface area contributed by atoms with Gasteiger partial charge >= 0.3 is 0 Å². The molecule has 74 valence electrons. The fraction of sp³-hybridized carbons (Fsp3) is 1.00. The molecule has 0 amide bonds. The van der Waals surface area contributed by atoms with Gasteiger partial charge in [0.15, 0.2) is 0 Å². The summed E-state index contributed by atoms with van der Waals surface area (Å²) in [6.07, 6.45) is 0.639. The van der Waals surface area contributed by atoms with Crippen molar-refractivity contribution in [1.29, 1.82) is 0 Å². The zero-order valence-electron chi connectivity index (χ0n) is 7.44. The number of aliphatic hydroxyl groups excluding tert-OH is 1. The third-order valence-electron chi connectivity index (χ3n) is 1.68. The van der Waals surface area contributed by atoms with Gasteiger partial charge in [-0.05, 0) is 19.4 Å². The van der Waals surface area contributed by atoms with Crippen molar-refractivity contribution in [3.8, 4) is 0 Å². The van der Waals surface area contributed by atoms with Gasteiger partial charge in [0.1, 0.15) is 0 Å². The van der Waals surface area contributed by atoms with Crippen LogP contribution in [0.25, 0.3) is 0 Å². The van der Waals surface area contributed by atoms with Gasteiger partial charge in [-0.3, -0.25) is 4.57 Å². The Labute approximate surface area is 73.2 Å². The molecule has 0 bridgehead atoms. The predicted molar refractivity (Wildman–Crippen MR) is 49.5 cm³/mol. The number of hydrogen-bond donors (Lipinski definition) is 3. The van der Waals surface area contributed by atoms with Crippen LogP contribution in [0, 0.1) is 0 Å². The summed E-state index contributed by atoms with van der Waals surface area (Å²) < 4.78 is 11.3. The summed E-state index contributed by atoms with van der Waals surface area (Å²) in [4.78, 5) is 9.29. The monoisotopic (exact) mass is 195 g/mol. The van der Waals surface area contributed by atoms with Gasteiger partial charge in [-0.15, -0.1) is 0 Å². The summed E-state index contributed by atoms with van der Waals surface area (Å²) in [5.74, 6) is 0. The minimum absolute atomic E-state index is 0.00347. The smallest absolute Gasteiger partial charge is 0.203 e. The topological polar surface area (TPSA) is 83.5 Å². The third kappa shape index (κ3) is 5.72. The first-order valence-corrected chi connectivity index (χ1v) is 6.24. The van der Waals surface area contributed by atoms with E-state index in [1.807, 2.05) is 0 Å². The highest BCUT2D eigenvalue weighted by Gasteiger charge is 2.20. The maximum Gasteiger partial charge on any atom is 0.203 e. The summed E-state index contributed by atoms with van der Waals surface area (Å²) in [7, 11) is -3.11. The van der Waals surface area contributed by atoms with Crippen molar-refractivity contribution in [2.75, 3.05) is 18.9 Å². The average Bonchev–Trinajstić information content (AvgIpc) is 2.00. The Kier molecular flexibility index (Phi) is 5.76. The van der Waals surface area contributed by atoms with Crippen LogP contribution in [0.3, 0.4) is 0 Å². The van der Waals surface area contributed by atoms with E-state index < -0.39 is 13.5 Å². The van der Waals surface area contributed by atoms with Crippen molar-refractivity contribution in [1.82, 2.24) is 0 Å². The fourth-order valence-electron chi connectivity index (χ4n) is 0.888. The van der Waals surface area contributed by atoms with E-state index in [2.05, 4.69) is 0 Å². The van der Waals surface area contributed by atoms with Gasteiger partial charge in [-0.2, -0.15) is 0 Å². The van der Waals surface area contributed by atoms with Crippen LogP contribution in [-0.2, 0) is 4.57 Å². The lowest BCUT2D eigenvalue weighted by molar-refractivity contribution is 0.190. The molecule has 0 aromatic heterocycles. The molecular formula is C7H18NO3P. The summed E-state index contributed by atoms with van der Waals surface area (Å²) in [6.45, 7) is 2.21. The van der Waals surface area contributed by atoms with E-state index in [1.165, 1.54) is 0 Å². The van der Waals surface area contributed by atoms with E-state index in [9.17, 15) is 9.46 Å². The van der Waals surface area contributed by atoms with Gasteiger partial charge in [0.25, 0.3) is 0 Å². The largest absolute Gasteiger partial charge is 0.393 e. The lowest BCUT2D eigenvalue weighted by Gasteiger charge is -2.14. The standard InChI is InChI=1S/C7H18NO3P/c1-2-7(9)6-12(10,11)5-3-4-8/h7,9H,2-6,8H2,1H3,(H,10,11). The molecule has 2 unspecified atom stereocenters. The lowest BCUT2D eigenvalue weighted by Crippen LogP contribution is -2.13. The van der Waals surface area contributed by atoms with Crippen LogP contribution < -0.4 is 5.73 Å². The molecule has 0 spiro atoms. The van der Waals surface area contributed by atoms with E-state index in [0.29, 0.717) is 19.4 Å². The van der Waals surface area contributed by atoms with Gasteiger partial charge in [0, 0.05) is 6.16 Å². The van der Waals surface area contributed by atoms with Crippen LogP contribution in [0.4, 0.5) is 0 Å². The fourth-order valence-corrected chi connectivity index (χ4v) is 2.66. The van der Waals surface area contributed by atoms with Crippen LogP contribution in [0.5, 0.6) is 0 Å². The zero-order valence-corrected chi connectivity index (χ0v) is 8.33. The van der Waals surface area contributed by atoms with Crippen LogP contribution >= 0.6 is 7.37 Å². The van der Waals surface area contributed by atoms with Crippen LogP contribution in [0.1, 0.15) is 19.8 Å². The third-order valence-corrected chi connectivity index (χ3v) is 3.69. The molecule has 0 rings (SSSR count). The SMILES string of the molecule is CCC(O)CP(=O)(O)CCCN. The molecule has 0 heterocycles. The van der Waals surface area contributed by atoms with E-state index in [-0.39, 0.29) is 12.3 Å². The first kappa shape index (κ1) is 12.1. The second kappa shape index (κ2) is 5.70. The summed E-state index contributed by atoms with van der Waals surface area (Å²) in [6, 6.07) is 0. The molecule has 0 aliphatic rings. The van der Waals surface area contributed by atoms with Crippen molar-refractivity contribution in [2.45, 2.75) is 25.9 Å². The predicted octanol–water partition coefficient (Wildman–Crippen LogP) is 0.376. The van der Waals surface area contributed by atoms with Crippen molar-refractivity contribution in [3.05, 3.63) is 0 Å². The molecule has 0 radical (unpaired) electrons. The maximum atomic E-state index is 11.3. The number of nitrogens with two attached hydrogens (primary N) is 1. The minimum atomic E-state index is -3.11. The highest BCUT2D eigenvalue weighted by molar-refractivity contribution is 7.58. The van der Waals surface area contributed by atoms with E-state index >= 15 is 0 Å². The second-order valence-corrected chi connectivity index (χ2v) is 5.46. The molecule has 12 heavy (non-hydrogen) atoms. The van der Waals surface area contributed by atoms with Crippen LogP contribution in [0.2, 0.25) is 0 Å². The lowest BCUT2D eigenvalue weighted by atomic mass is 10.3. The van der Waals surface area contributed by atoms with E-state index in [1.54, 1.807) is 6.92 Å². The first-order chi connectivity index (χ1) is 5.52. The van der Waals surface area contributed by atoms with Crippen molar-refractivity contribution < 1.29 is 14.6 Å². The van der Waals surface area contributed by atoms with Crippen molar-refractivity contribution >= 4 is 7.37 Å². The molecule has 4 nitrogen and oxygen atoms in total. The molecule has 0 fully saturated rings. The van der Waals surface area contributed by atoms with Gasteiger partial charge in [0.2, 0.25) is 7.37 Å².